The highest BCUT2D eigenvalue weighted by molar-refractivity contribution is 6.31. The van der Waals surface area contributed by atoms with Gasteiger partial charge in [0, 0.05) is 36.1 Å². The normalized spacial score (nSPS) is 10.7. The van der Waals surface area contributed by atoms with E-state index >= 15 is 0 Å². The molecule has 0 saturated heterocycles. The van der Waals surface area contributed by atoms with Crippen LogP contribution in [0, 0.1) is 11.7 Å². The molecule has 0 fully saturated rings. The summed E-state index contributed by atoms with van der Waals surface area (Å²) in [5, 5.41) is 6.22. The molecule has 1 amide bonds. The quantitative estimate of drug-likeness (QED) is 0.781. The van der Waals surface area contributed by atoms with Crippen molar-refractivity contribution >= 4 is 17.5 Å². The highest BCUT2D eigenvalue weighted by Crippen LogP contribution is 2.18. The second-order valence-electron chi connectivity index (χ2n) is 4.32. The molecule has 0 aromatic heterocycles. The number of amides is 1. The molecule has 0 heterocycles. The van der Waals surface area contributed by atoms with Crippen molar-refractivity contribution in [3.63, 3.8) is 0 Å². The Labute approximate surface area is 112 Å². The molecule has 0 bridgehead atoms. The molecule has 0 spiro atoms. The van der Waals surface area contributed by atoms with Gasteiger partial charge in [-0.2, -0.15) is 0 Å². The molecule has 0 aliphatic carbocycles. The fourth-order valence-electron chi connectivity index (χ4n) is 1.39. The number of hydrogen-bond acceptors (Lipinski definition) is 2. The fourth-order valence-corrected chi connectivity index (χ4v) is 1.62. The van der Waals surface area contributed by atoms with Gasteiger partial charge < -0.3 is 10.6 Å². The van der Waals surface area contributed by atoms with E-state index in [9.17, 15) is 9.18 Å². The van der Waals surface area contributed by atoms with Gasteiger partial charge in [-0.25, -0.2) is 4.39 Å². The van der Waals surface area contributed by atoms with Gasteiger partial charge in [-0.15, -0.1) is 0 Å². The molecule has 0 radical (unpaired) electrons. The molecule has 100 valence electrons. The van der Waals surface area contributed by atoms with Gasteiger partial charge in [0.15, 0.2) is 0 Å². The molecule has 0 aliphatic heterocycles. The number of nitrogens with one attached hydrogen (secondary N) is 2. The van der Waals surface area contributed by atoms with Crippen LogP contribution in [0.1, 0.15) is 19.4 Å². The maximum Gasteiger partial charge on any atom is 0.222 e. The maximum atomic E-state index is 13.4. The Morgan fingerprint density at radius 3 is 2.72 bits per heavy atom. The van der Waals surface area contributed by atoms with E-state index in [1.165, 1.54) is 6.07 Å². The summed E-state index contributed by atoms with van der Waals surface area (Å²) in [7, 11) is 0. The first-order chi connectivity index (χ1) is 8.52. The van der Waals surface area contributed by atoms with Crippen molar-refractivity contribution in [2.45, 2.75) is 20.4 Å². The van der Waals surface area contributed by atoms with E-state index in [2.05, 4.69) is 10.6 Å². The van der Waals surface area contributed by atoms with Crippen LogP contribution in [0.2, 0.25) is 5.02 Å². The molecule has 3 nitrogen and oxygen atoms in total. The van der Waals surface area contributed by atoms with Gasteiger partial charge in [0.2, 0.25) is 5.91 Å². The lowest BCUT2D eigenvalue weighted by Crippen LogP contribution is -2.34. The predicted molar refractivity (Wildman–Crippen MR) is 71.0 cm³/mol. The van der Waals surface area contributed by atoms with E-state index in [-0.39, 0.29) is 17.6 Å². The minimum absolute atomic E-state index is 0.0146. The van der Waals surface area contributed by atoms with E-state index in [0.29, 0.717) is 30.2 Å². The minimum Gasteiger partial charge on any atom is -0.355 e. The molecule has 1 aromatic carbocycles. The van der Waals surface area contributed by atoms with Crippen molar-refractivity contribution in [3.05, 3.63) is 34.6 Å². The van der Waals surface area contributed by atoms with Crippen LogP contribution in [0.25, 0.3) is 0 Å². The van der Waals surface area contributed by atoms with Gasteiger partial charge in [0.25, 0.3) is 0 Å². The summed E-state index contributed by atoms with van der Waals surface area (Å²) >= 11 is 5.88. The SMILES string of the molecule is CC(C)C(=O)NCCNCc1c(F)cccc1Cl. The molecule has 0 unspecified atom stereocenters. The fraction of sp³-hybridized carbons (Fsp3) is 0.462. The summed E-state index contributed by atoms with van der Waals surface area (Å²) in [5.74, 6) is -0.326. The molecule has 18 heavy (non-hydrogen) atoms. The average molecular weight is 273 g/mol. The molecule has 0 atom stereocenters. The maximum absolute atomic E-state index is 13.4. The van der Waals surface area contributed by atoms with Gasteiger partial charge in [-0.1, -0.05) is 31.5 Å². The van der Waals surface area contributed by atoms with Crippen LogP contribution in [0.5, 0.6) is 0 Å². The summed E-state index contributed by atoms with van der Waals surface area (Å²) < 4.78 is 13.4. The summed E-state index contributed by atoms with van der Waals surface area (Å²) in [6.45, 7) is 5.11. The summed E-state index contributed by atoms with van der Waals surface area (Å²) in [5.41, 5.74) is 0.453. The van der Waals surface area contributed by atoms with Gasteiger partial charge in [0.05, 0.1) is 0 Å². The van der Waals surface area contributed by atoms with Crippen LogP contribution in [0.4, 0.5) is 4.39 Å². The largest absolute Gasteiger partial charge is 0.355 e. The van der Waals surface area contributed by atoms with Crippen LogP contribution >= 0.6 is 11.6 Å². The molecule has 1 rings (SSSR count). The lowest BCUT2D eigenvalue weighted by atomic mass is 10.2. The highest BCUT2D eigenvalue weighted by atomic mass is 35.5. The summed E-state index contributed by atoms with van der Waals surface area (Å²) in [6.07, 6.45) is 0. The Hall–Kier alpha value is -1.13. The standard InChI is InChI=1S/C13H18ClFN2O/c1-9(2)13(18)17-7-6-16-8-10-11(14)4-3-5-12(10)15/h3-5,9,16H,6-8H2,1-2H3,(H,17,18). The van der Waals surface area contributed by atoms with Crippen molar-refractivity contribution in [2.24, 2.45) is 5.92 Å². The molecule has 0 aliphatic rings. The Bertz CT molecular complexity index is 390. The van der Waals surface area contributed by atoms with Gasteiger partial charge in [-0.3, -0.25) is 4.79 Å². The third-order valence-electron chi connectivity index (χ3n) is 2.49. The molecular formula is C13H18ClFN2O. The minimum atomic E-state index is -0.318. The number of hydrogen-bond donors (Lipinski definition) is 2. The number of carbonyl (C=O) groups excluding carboxylic acids is 1. The Balaban J connectivity index is 2.28. The summed E-state index contributed by atoms with van der Waals surface area (Å²) in [6, 6.07) is 4.61. The topological polar surface area (TPSA) is 41.1 Å². The van der Waals surface area contributed by atoms with Gasteiger partial charge in [0.1, 0.15) is 5.82 Å². The Morgan fingerprint density at radius 1 is 1.39 bits per heavy atom. The Kier molecular flexibility index (Phi) is 6.09. The van der Waals surface area contributed by atoms with E-state index in [1.54, 1.807) is 12.1 Å². The lowest BCUT2D eigenvalue weighted by Gasteiger charge is -2.10. The van der Waals surface area contributed by atoms with E-state index in [0.717, 1.165) is 0 Å². The zero-order valence-corrected chi connectivity index (χ0v) is 11.4. The highest BCUT2D eigenvalue weighted by Gasteiger charge is 2.07. The van der Waals surface area contributed by atoms with Crippen LogP contribution in [-0.2, 0) is 11.3 Å². The first-order valence-corrected chi connectivity index (χ1v) is 6.31. The van der Waals surface area contributed by atoms with Crippen LogP contribution < -0.4 is 10.6 Å². The number of rotatable bonds is 6. The average Bonchev–Trinajstić information content (AvgIpc) is 2.31. The Morgan fingerprint density at radius 2 is 2.11 bits per heavy atom. The first-order valence-electron chi connectivity index (χ1n) is 5.93. The third-order valence-corrected chi connectivity index (χ3v) is 2.84. The molecule has 5 heteroatoms. The molecule has 0 saturated carbocycles. The van der Waals surface area contributed by atoms with E-state index in [1.807, 2.05) is 13.8 Å². The van der Waals surface area contributed by atoms with Crippen molar-refractivity contribution < 1.29 is 9.18 Å². The van der Waals surface area contributed by atoms with Crippen molar-refractivity contribution in [3.8, 4) is 0 Å². The predicted octanol–water partition coefficient (Wildman–Crippen LogP) is 2.34. The van der Waals surface area contributed by atoms with Gasteiger partial charge >= 0.3 is 0 Å². The number of benzene rings is 1. The van der Waals surface area contributed by atoms with Crippen molar-refractivity contribution in [1.29, 1.82) is 0 Å². The smallest absolute Gasteiger partial charge is 0.222 e. The summed E-state index contributed by atoms with van der Waals surface area (Å²) in [4.78, 5) is 11.3. The van der Waals surface area contributed by atoms with Crippen LogP contribution in [0.15, 0.2) is 18.2 Å². The molecule has 1 aromatic rings. The molecular weight excluding hydrogens is 255 g/mol. The second-order valence-corrected chi connectivity index (χ2v) is 4.73. The van der Waals surface area contributed by atoms with E-state index < -0.39 is 0 Å². The van der Waals surface area contributed by atoms with E-state index in [4.69, 9.17) is 11.6 Å². The number of halogens is 2. The third kappa shape index (κ3) is 4.63. The van der Waals surface area contributed by atoms with Crippen LogP contribution in [-0.4, -0.2) is 19.0 Å². The zero-order chi connectivity index (χ0) is 13.5. The van der Waals surface area contributed by atoms with Crippen molar-refractivity contribution in [1.82, 2.24) is 10.6 Å². The van der Waals surface area contributed by atoms with Crippen LogP contribution in [0.3, 0.4) is 0 Å². The monoisotopic (exact) mass is 272 g/mol. The zero-order valence-electron chi connectivity index (χ0n) is 10.6. The lowest BCUT2D eigenvalue weighted by molar-refractivity contribution is -0.123. The molecule has 2 N–H and O–H groups in total. The second kappa shape index (κ2) is 7.34. The first kappa shape index (κ1) is 14.9. The van der Waals surface area contributed by atoms with Crippen molar-refractivity contribution in [2.75, 3.05) is 13.1 Å². The van der Waals surface area contributed by atoms with Gasteiger partial charge in [-0.05, 0) is 12.1 Å². The number of carbonyl (C=O) groups is 1.